The lowest BCUT2D eigenvalue weighted by atomic mass is 10.1. The Morgan fingerprint density at radius 3 is 2.72 bits per heavy atom. The molecule has 1 aromatic carbocycles. The van der Waals surface area contributed by atoms with E-state index in [2.05, 4.69) is 33.2 Å². The Hall–Kier alpha value is -2.64. The normalized spacial score (nSPS) is 14.7. The van der Waals surface area contributed by atoms with Gasteiger partial charge in [-0.1, -0.05) is 12.1 Å². The molecule has 0 unspecified atom stereocenters. The van der Waals surface area contributed by atoms with Gasteiger partial charge in [0.1, 0.15) is 11.5 Å². The molecule has 3 heterocycles. The second-order valence-electron chi connectivity index (χ2n) is 7.18. The number of imidazole rings is 1. The van der Waals surface area contributed by atoms with Crippen LogP contribution in [-0.4, -0.2) is 49.9 Å². The highest BCUT2D eigenvalue weighted by atomic mass is 32.2. The quantitative estimate of drug-likeness (QED) is 0.699. The summed E-state index contributed by atoms with van der Waals surface area (Å²) < 4.78 is 1.93. The van der Waals surface area contributed by atoms with Crippen LogP contribution in [0.3, 0.4) is 0 Å². The van der Waals surface area contributed by atoms with E-state index in [1.807, 2.05) is 47.6 Å². The molecule has 1 amide bonds. The highest BCUT2D eigenvalue weighted by Crippen LogP contribution is 2.22. The van der Waals surface area contributed by atoms with Crippen LogP contribution in [0.25, 0.3) is 5.69 Å². The largest absolute Gasteiger partial charge is 0.320 e. The van der Waals surface area contributed by atoms with Gasteiger partial charge in [0.05, 0.1) is 5.69 Å². The lowest BCUT2D eigenvalue weighted by Gasteiger charge is -2.27. The maximum Gasteiger partial charge on any atom is 0.274 e. The highest BCUT2D eigenvalue weighted by Gasteiger charge is 2.15. The third-order valence-electron chi connectivity index (χ3n) is 5.27. The molecule has 1 N–H and O–H groups in total. The number of nitrogens with one attached hydrogen (secondary N) is 1. The molecule has 0 atom stereocenters. The molecule has 150 valence electrons. The zero-order valence-corrected chi connectivity index (χ0v) is 17.6. The summed E-state index contributed by atoms with van der Waals surface area (Å²) in [6.07, 6.45) is 5.27. The molecule has 1 saturated heterocycles. The van der Waals surface area contributed by atoms with Gasteiger partial charge in [-0.3, -0.25) is 14.7 Å². The fourth-order valence-corrected chi connectivity index (χ4v) is 4.50. The maximum atomic E-state index is 12.9. The van der Waals surface area contributed by atoms with Crippen molar-refractivity contribution >= 4 is 23.4 Å². The van der Waals surface area contributed by atoms with E-state index in [0.717, 1.165) is 42.4 Å². The van der Waals surface area contributed by atoms with Crippen molar-refractivity contribution in [3.63, 3.8) is 0 Å². The maximum absolute atomic E-state index is 12.9. The Morgan fingerprint density at radius 2 is 1.97 bits per heavy atom. The van der Waals surface area contributed by atoms with Gasteiger partial charge in [-0.05, 0) is 43.2 Å². The summed E-state index contributed by atoms with van der Waals surface area (Å²) in [5.74, 6) is 3.03. The van der Waals surface area contributed by atoms with Crippen molar-refractivity contribution in [2.75, 3.05) is 29.9 Å². The average Bonchev–Trinajstić information content (AvgIpc) is 3.18. The molecule has 3 aromatic rings. The zero-order chi connectivity index (χ0) is 20.2. The van der Waals surface area contributed by atoms with Crippen LogP contribution in [-0.2, 0) is 6.54 Å². The molecular weight excluding hydrogens is 382 g/mol. The number of amides is 1. The Kier molecular flexibility index (Phi) is 5.97. The van der Waals surface area contributed by atoms with Crippen molar-refractivity contribution in [3.8, 4) is 5.69 Å². The predicted octanol–water partition coefficient (Wildman–Crippen LogP) is 3.69. The number of benzene rings is 1. The third-order valence-corrected chi connectivity index (χ3v) is 6.21. The molecule has 1 fully saturated rings. The van der Waals surface area contributed by atoms with Crippen LogP contribution in [0.2, 0.25) is 0 Å². The van der Waals surface area contributed by atoms with Gasteiger partial charge in [-0.25, -0.2) is 4.98 Å². The number of rotatable bonds is 5. The van der Waals surface area contributed by atoms with Gasteiger partial charge in [0.15, 0.2) is 0 Å². The van der Waals surface area contributed by atoms with Crippen LogP contribution in [0.4, 0.5) is 5.69 Å². The van der Waals surface area contributed by atoms with E-state index in [1.54, 1.807) is 18.5 Å². The number of carbonyl (C=O) groups is 1. The molecule has 6 nitrogen and oxygen atoms in total. The van der Waals surface area contributed by atoms with E-state index in [1.165, 1.54) is 17.1 Å². The SMILES string of the molecule is Cc1c(CN2CCSCC2)cccc1NC(=O)c1cc(-n2ccnc2C)ccn1. The van der Waals surface area contributed by atoms with E-state index in [0.29, 0.717) is 5.69 Å². The van der Waals surface area contributed by atoms with E-state index in [9.17, 15) is 4.79 Å². The smallest absolute Gasteiger partial charge is 0.274 e. The lowest BCUT2D eigenvalue weighted by molar-refractivity contribution is 0.102. The average molecular weight is 408 g/mol. The summed E-state index contributed by atoms with van der Waals surface area (Å²) in [6.45, 7) is 7.15. The van der Waals surface area contributed by atoms with Gasteiger partial charge >= 0.3 is 0 Å². The van der Waals surface area contributed by atoms with E-state index in [-0.39, 0.29) is 5.91 Å². The first-order chi connectivity index (χ1) is 14.1. The number of thioether (sulfide) groups is 1. The number of hydrogen-bond donors (Lipinski definition) is 1. The van der Waals surface area contributed by atoms with Crippen LogP contribution in [0.15, 0.2) is 48.9 Å². The number of anilines is 1. The van der Waals surface area contributed by atoms with E-state index < -0.39 is 0 Å². The molecule has 0 saturated carbocycles. The fraction of sp³-hybridized carbons (Fsp3) is 0.318. The summed E-state index contributed by atoms with van der Waals surface area (Å²) in [4.78, 5) is 23.8. The first-order valence-corrected chi connectivity index (χ1v) is 10.9. The molecule has 0 radical (unpaired) electrons. The number of carbonyl (C=O) groups excluding carboxylic acids is 1. The summed E-state index contributed by atoms with van der Waals surface area (Å²) in [7, 11) is 0. The molecule has 0 spiro atoms. The van der Waals surface area contributed by atoms with Gasteiger partial charge in [0, 0.05) is 55.4 Å². The number of aryl methyl sites for hydroxylation is 1. The minimum atomic E-state index is -0.209. The standard InChI is InChI=1S/C22H25N5OS/c1-16-18(15-26-10-12-29-13-11-26)4-3-5-20(16)25-22(28)21-14-19(6-7-24-21)27-9-8-23-17(27)2/h3-9,14H,10-13,15H2,1-2H3,(H,25,28). The predicted molar refractivity (Wildman–Crippen MR) is 118 cm³/mol. The van der Waals surface area contributed by atoms with Crippen molar-refractivity contribution in [3.05, 3.63) is 71.6 Å². The Labute approximate surface area is 175 Å². The van der Waals surface area contributed by atoms with Crippen LogP contribution in [0.1, 0.15) is 27.4 Å². The highest BCUT2D eigenvalue weighted by molar-refractivity contribution is 7.99. The van der Waals surface area contributed by atoms with Crippen LogP contribution < -0.4 is 5.32 Å². The molecule has 1 aliphatic heterocycles. The molecule has 1 aliphatic rings. The minimum Gasteiger partial charge on any atom is -0.320 e. The van der Waals surface area contributed by atoms with Crippen LogP contribution >= 0.6 is 11.8 Å². The second kappa shape index (κ2) is 8.80. The summed E-state index contributed by atoms with van der Waals surface area (Å²) in [5, 5.41) is 3.04. The molecule has 2 aromatic heterocycles. The molecular formula is C22H25N5OS. The Morgan fingerprint density at radius 1 is 1.14 bits per heavy atom. The summed E-state index contributed by atoms with van der Waals surface area (Å²) in [6, 6.07) is 9.76. The van der Waals surface area contributed by atoms with Gasteiger partial charge in [0.2, 0.25) is 0 Å². The second-order valence-corrected chi connectivity index (χ2v) is 8.40. The summed E-state index contributed by atoms with van der Waals surface area (Å²) in [5.41, 5.74) is 4.46. The Balaban J connectivity index is 1.51. The van der Waals surface area contributed by atoms with Crippen LogP contribution in [0, 0.1) is 13.8 Å². The van der Waals surface area contributed by atoms with E-state index >= 15 is 0 Å². The Bertz CT molecular complexity index is 1010. The van der Waals surface area contributed by atoms with Crippen molar-refractivity contribution in [1.29, 1.82) is 0 Å². The molecule has 4 rings (SSSR count). The molecule has 0 aliphatic carbocycles. The number of aromatic nitrogens is 3. The van der Waals surface area contributed by atoms with Crippen molar-refractivity contribution in [2.24, 2.45) is 0 Å². The fourth-order valence-electron chi connectivity index (χ4n) is 3.52. The monoisotopic (exact) mass is 407 g/mol. The molecule has 7 heteroatoms. The van der Waals surface area contributed by atoms with Gasteiger partial charge in [-0.2, -0.15) is 11.8 Å². The lowest BCUT2D eigenvalue weighted by Crippen LogP contribution is -2.32. The first-order valence-electron chi connectivity index (χ1n) is 9.78. The summed E-state index contributed by atoms with van der Waals surface area (Å²) >= 11 is 2.01. The van der Waals surface area contributed by atoms with Gasteiger partial charge in [0.25, 0.3) is 5.91 Å². The van der Waals surface area contributed by atoms with Gasteiger partial charge in [-0.15, -0.1) is 0 Å². The van der Waals surface area contributed by atoms with Crippen molar-refractivity contribution in [1.82, 2.24) is 19.4 Å². The zero-order valence-electron chi connectivity index (χ0n) is 16.8. The van der Waals surface area contributed by atoms with Crippen molar-refractivity contribution < 1.29 is 4.79 Å². The third kappa shape index (κ3) is 4.52. The van der Waals surface area contributed by atoms with Crippen LogP contribution in [0.5, 0.6) is 0 Å². The number of pyridine rings is 1. The van der Waals surface area contributed by atoms with Gasteiger partial charge < -0.3 is 9.88 Å². The van der Waals surface area contributed by atoms with E-state index in [4.69, 9.17) is 0 Å². The number of hydrogen-bond acceptors (Lipinski definition) is 5. The first kappa shape index (κ1) is 19.7. The van der Waals surface area contributed by atoms with Crippen molar-refractivity contribution in [2.45, 2.75) is 20.4 Å². The molecule has 29 heavy (non-hydrogen) atoms. The topological polar surface area (TPSA) is 63.1 Å². The molecule has 0 bridgehead atoms. The number of nitrogens with zero attached hydrogens (tertiary/aromatic N) is 4. The minimum absolute atomic E-state index is 0.209.